The van der Waals surface area contributed by atoms with Crippen molar-refractivity contribution in [3.8, 4) is 0 Å². The number of aromatic nitrogens is 4. The summed E-state index contributed by atoms with van der Waals surface area (Å²) in [5, 5.41) is 9.71. The number of para-hydroxylation sites is 1. The van der Waals surface area contributed by atoms with Gasteiger partial charge < -0.3 is 9.55 Å². The van der Waals surface area contributed by atoms with Gasteiger partial charge >= 0.3 is 0 Å². The topological polar surface area (TPSA) is 46.5 Å². The number of nitrogens with zero attached hydrogens (tertiary/aromatic N) is 3. The molecular weight excluding hydrogens is 296 g/mol. The number of rotatable bonds is 6. The van der Waals surface area contributed by atoms with Crippen LogP contribution in [0.1, 0.15) is 17.0 Å². The van der Waals surface area contributed by atoms with Crippen molar-refractivity contribution in [3.63, 3.8) is 0 Å². The summed E-state index contributed by atoms with van der Waals surface area (Å²) in [4.78, 5) is 3.34. The lowest BCUT2D eigenvalue weighted by Gasteiger charge is -2.06. The lowest BCUT2D eigenvalue weighted by Crippen LogP contribution is -2.06. The molecule has 120 valence electrons. The Morgan fingerprint density at radius 1 is 0.875 bits per heavy atom. The molecule has 24 heavy (non-hydrogen) atoms. The van der Waals surface area contributed by atoms with Gasteiger partial charge in [-0.15, -0.1) is 10.2 Å². The quantitative estimate of drug-likeness (QED) is 0.588. The summed E-state index contributed by atoms with van der Waals surface area (Å²) < 4.78 is 2.17. The van der Waals surface area contributed by atoms with Gasteiger partial charge in [0, 0.05) is 30.1 Å². The van der Waals surface area contributed by atoms with Gasteiger partial charge in [-0.25, -0.2) is 0 Å². The van der Waals surface area contributed by atoms with E-state index in [2.05, 4.69) is 80.5 Å². The van der Waals surface area contributed by atoms with E-state index in [-0.39, 0.29) is 0 Å². The summed E-state index contributed by atoms with van der Waals surface area (Å²) in [5.41, 5.74) is 3.87. The summed E-state index contributed by atoms with van der Waals surface area (Å²) in [6.45, 7) is 0.917. The third-order valence-corrected chi connectivity index (χ3v) is 4.47. The van der Waals surface area contributed by atoms with Gasteiger partial charge in [-0.3, -0.25) is 0 Å². The zero-order chi connectivity index (χ0) is 16.2. The zero-order valence-electron chi connectivity index (χ0n) is 13.5. The Labute approximate surface area is 141 Å². The van der Waals surface area contributed by atoms with Gasteiger partial charge in [0.25, 0.3) is 0 Å². The van der Waals surface area contributed by atoms with Crippen molar-refractivity contribution in [2.75, 3.05) is 0 Å². The largest absolute Gasteiger partial charge is 0.361 e. The molecule has 4 rings (SSSR count). The highest BCUT2D eigenvalue weighted by Gasteiger charge is 2.08. The molecule has 0 fully saturated rings. The van der Waals surface area contributed by atoms with Crippen LogP contribution >= 0.6 is 0 Å². The summed E-state index contributed by atoms with van der Waals surface area (Å²) in [6, 6.07) is 19.0. The maximum absolute atomic E-state index is 4.31. The molecule has 0 aliphatic heterocycles. The first-order valence-corrected chi connectivity index (χ1v) is 8.36. The highest BCUT2D eigenvalue weighted by molar-refractivity contribution is 5.83. The average Bonchev–Trinajstić information content (AvgIpc) is 3.25. The van der Waals surface area contributed by atoms with Crippen LogP contribution in [0.25, 0.3) is 10.9 Å². The molecule has 0 aliphatic carbocycles. The SMILES string of the molecule is c1ccc(CCn2cnnc2CCc2c[nH]c3ccccc23)cc1. The minimum Gasteiger partial charge on any atom is -0.361 e. The first-order chi connectivity index (χ1) is 11.9. The molecular formula is C20H20N4. The fraction of sp³-hybridized carbons (Fsp3) is 0.200. The highest BCUT2D eigenvalue weighted by Crippen LogP contribution is 2.19. The lowest BCUT2D eigenvalue weighted by atomic mass is 10.1. The molecule has 4 heteroatoms. The number of benzene rings is 2. The Kier molecular flexibility index (Phi) is 4.11. The van der Waals surface area contributed by atoms with E-state index < -0.39 is 0 Å². The molecule has 2 aromatic heterocycles. The van der Waals surface area contributed by atoms with Crippen molar-refractivity contribution >= 4 is 10.9 Å². The Hall–Kier alpha value is -2.88. The Bertz CT molecular complexity index is 921. The number of hydrogen-bond acceptors (Lipinski definition) is 2. The van der Waals surface area contributed by atoms with E-state index in [1.54, 1.807) is 0 Å². The van der Waals surface area contributed by atoms with E-state index in [1.807, 2.05) is 6.33 Å². The van der Waals surface area contributed by atoms with Crippen LogP contribution in [0.5, 0.6) is 0 Å². The van der Waals surface area contributed by atoms with Gasteiger partial charge in [0.05, 0.1) is 0 Å². The summed E-state index contributed by atoms with van der Waals surface area (Å²) in [7, 11) is 0. The van der Waals surface area contributed by atoms with E-state index >= 15 is 0 Å². The number of hydrogen-bond donors (Lipinski definition) is 1. The minimum absolute atomic E-state index is 0.899. The summed E-state index contributed by atoms with van der Waals surface area (Å²) in [5.74, 6) is 1.05. The van der Waals surface area contributed by atoms with Gasteiger partial charge in [0.15, 0.2) is 0 Å². The Balaban J connectivity index is 1.43. The van der Waals surface area contributed by atoms with E-state index in [0.29, 0.717) is 0 Å². The van der Waals surface area contributed by atoms with Gasteiger partial charge in [-0.2, -0.15) is 0 Å². The van der Waals surface area contributed by atoms with Crippen molar-refractivity contribution in [2.24, 2.45) is 0 Å². The number of aromatic amines is 1. The van der Waals surface area contributed by atoms with Gasteiger partial charge in [0.1, 0.15) is 12.2 Å². The van der Waals surface area contributed by atoms with Crippen LogP contribution in [0.3, 0.4) is 0 Å². The predicted molar refractivity (Wildman–Crippen MR) is 95.9 cm³/mol. The van der Waals surface area contributed by atoms with Crippen LogP contribution in [-0.2, 0) is 25.8 Å². The number of nitrogens with one attached hydrogen (secondary N) is 1. The molecule has 0 aliphatic rings. The van der Waals surface area contributed by atoms with E-state index in [1.165, 1.54) is 22.0 Å². The molecule has 1 N–H and O–H groups in total. The number of aryl methyl sites for hydroxylation is 4. The van der Waals surface area contributed by atoms with Crippen LogP contribution < -0.4 is 0 Å². The smallest absolute Gasteiger partial charge is 0.133 e. The fourth-order valence-electron chi connectivity index (χ4n) is 3.14. The number of H-pyrrole nitrogens is 1. The highest BCUT2D eigenvalue weighted by atomic mass is 15.3. The molecule has 2 aromatic carbocycles. The molecule has 0 radical (unpaired) electrons. The fourth-order valence-corrected chi connectivity index (χ4v) is 3.14. The van der Waals surface area contributed by atoms with Crippen molar-refractivity contribution < 1.29 is 0 Å². The second kappa shape index (κ2) is 6.71. The van der Waals surface area contributed by atoms with Crippen LogP contribution in [-0.4, -0.2) is 19.7 Å². The van der Waals surface area contributed by atoms with Crippen molar-refractivity contribution in [2.45, 2.75) is 25.8 Å². The number of fused-ring (bicyclic) bond motifs is 1. The predicted octanol–water partition coefficient (Wildman–Crippen LogP) is 3.79. The molecule has 4 nitrogen and oxygen atoms in total. The summed E-state index contributed by atoms with van der Waals surface area (Å²) in [6.07, 6.45) is 6.81. The lowest BCUT2D eigenvalue weighted by molar-refractivity contribution is 0.646. The molecule has 4 aromatic rings. The van der Waals surface area contributed by atoms with Crippen molar-refractivity contribution in [1.82, 2.24) is 19.7 Å². The first-order valence-electron chi connectivity index (χ1n) is 8.36. The zero-order valence-corrected chi connectivity index (χ0v) is 13.5. The second-order valence-electron chi connectivity index (χ2n) is 6.04. The standard InChI is InChI=1S/C20H20N4/c1-2-6-16(7-3-1)12-13-24-15-22-23-20(24)11-10-17-14-21-19-9-5-4-8-18(17)19/h1-9,14-15,21H,10-13H2. The van der Waals surface area contributed by atoms with Crippen LogP contribution in [0.4, 0.5) is 0 Å². The van der Waals surface area contributed by atoms with E-state index in [0.717, 1.165) is 31.6 Å². The van der Waals surface area contributed by atoms with Crippen LogP contribution in [0.15, 0.2) is 67.1 Å². The maximum atomic E-state index is 4.31. The van der Waals surface area contributed by atoms with Gasteiger partial charge in [-0.05, 0) is 30.0 Å². The Morgan fingerprint density at radius 2 is 1.71 bits per heavy atom. The van der Waals surface area contributed by atoms with E-state index in [9.17, 15) is 0 Å². The molecule has 0 unspecified atom stereocenters. The average molecular weight is 316 g/mol. The van der Waals surface area contributed by atoms with Crippen molar-refractivity contribution in [1.29, 1.82) is 0 Å². The van der Waals surface area contributed by atoms with Crippen molar-refractivity contribution in [3.05, 3.63) is 84.1 Å². The Morgan fingerprint density at radius 3 is 2.62 bits per heavy atom. The second-order valence-corrected chi connectivity index (χ2v) is 6.04. The molecule has 0 amide bonds. The van der Waals surface area contributed by atoms with Crippen LogP contribution in [0, 0.1) is 0 Å². The molecule has 0 saturated heterocycles. The van der Waals surface area contributed by atoms with E-state index in [4.69, 9.17) is 0 Å². The third kappa shape index (κ3) is 3.08. The van der Waals surface area contributed by atoms with Gasteiger partial charge in [-0.1, -0.05) is 48.5 Å². The maximum Gasteiger partial charge on any atom is 0.133 e. The monoisotopic (exact) mass is 316 g/mol. The third-order valence-electron chi connectivity index (χ3n) is 4.47. The molecule has 0 spiro atoms. The normalized spacial score (nSPS) is 11.2. The molecule has 0 atom stereocenters. The molecule has 2 heterocycles. The van der Waals surface area contributed by atoms with Crippen LogP contribution in [0.2, 0.25) is 0 Å². The molecule has 0 saturated carbocycles. The summed E-state index contributed by atoms with van der Waals surface area (Å²) >= 11 is 0. The minimum atomic E-state index is 0.899. The first kappa shape index (κ1) is 14.7. The molecule has 0 bridgehead atoms. The van der Waals surface area contributed by atoms with Gasteiger partial charge in [0.2, 0.25) is 0 Å².